The number of rotatable bonds is 8. The van der Waals surface area contributed by atoms with Crippen LogP contribution in [0.25, 0.3) is 0 Å². The standard InChI is InChI=1S/C14H21F2NO/c1-11(17-6-4-2-3-5-7-18)12-8-13(15)10-14(16)9-12/h8-11,17-18H,2-7H2,1H3. The fourth-order valence-corrected chi connectivity index (χ4v) is 1.85. The Balaban J connectivity index is 2.29. The van der Waals surface area contributed by atoms with Gasteiger partial charge in [-0.3, -0.25) is 0 Å². The molecular weight excluding hydrogens is 236 g/mol. The summed E-state index contributed by atoms with van der Waals surface area (Å²) < 4.78 is 26.0. The SMILES string of the molecule is CC(NCCCCCCO)c1cc(F)cc(F)c1. The molecule has 18 heavy (non-hydrogen) atoms. The molecule has 0 bridgehead atoms. The molecule has 0 fully saturated rings. The minimum Gasteiger partial charge on any atom is -0.396 e. The molecule has 0 aliphatic heterocycles. The van der Waals surface area contributed by atoms with Gasteiger partial charge in [-0.1, -0.05) is 12.8 Å². The highest BCUT2D eigenvalue weighted by Crippen LogP contribution is 2.15. The van der Waals surface area contributed by atoms with Crippen LogP contribution in [0.3, 0.4) is 0 Å². The Morgan fingerprint density at radius 2 is 1.67 bits per heavy atom. The number of hydrogen-bond acceptors (Lipinski definition) is 2. The van der Waals surface area contributed by atoms with Crippen molar-refractivity contribution in [1.29, 1.82) is 0 Å². The van der Waals surface area contributed by atoms with Crippen molar-refractivity contribution in [2.24, 2.45) is 0 Å². The monoisotopic (exact) mass is 257 g/mol. The summed E-state index contributed by atoms with van der Waals surface area (Å²) in [4.78, 5) is 0. The van der Waals surface area contributed by atoms with Gasteiger partial charge < -0.3 is 10.4 Å². The van der Waals surface area contributed by atoms with Gasteiger partial charge in [-0.25, -0.2) is 8.78 Å². The molecule has 2 nitrogen and oxygen atoms in total. The van der Waals surface area contributed by atoms with E-state index in [0.717, 1.165) is 38.3 Å². The van der Waals surface area contributed by atoms with Crippen LogP contribution in [0.4, 0.5) is 8.78 Å². The molecule has 1 aromatic rings. The second-order valence-corrected chi connectivity index (χ2v) is 4.52. The Morgan fingerprint density at radius 3 is 2.28 bits per heavy atom. The van der Waals surface area contributed by atoms with Gasteiger partial charge in [0.15, 0.2) is 0 Å². The number of benzene rings is 1. The third-order valence-corrected chi connectivity index (χ3v) is 2.92. The molecule has 2 N–H and O–H groups in total. The van der Waals surface area contributed by atoms with Gasteiger partial charge in [0.1, 0.15) is 11.6 Å². The highest BCUT2D eigenvalue weighted by Gasteiger charge is 2.07. The summed E-state index contributed by atoms with van der Waals surface area (Å²) in [6.07, 6.45) is 3.91. The van der Waals surface area contributed by atoms with Crippen LogP contribution < -0.4 is 5.32 Å². The second-order valence-electron chi connectivity index (χ2n) is 4.52. The van der Waals surface area contributed by atoms with E-state index in [4.69, 9.17) is 5.11 Å². The van der Waals surface area contributed by atoms with E-state index < -0.39 is 11.6 Å². The van der Waals surface area contributed by atoms with Crippen molar-refractivity contribution in [2.75, 3.05) is 13.2 Å². The van der Waals surface area contributed by atoms with Gasteiger partial charge in [0.2, 0.25) is 0 Å². The molecule has 0 radical (unpaired) electrons. The van der Waals surface area contributed by atoms with Crippen molar-refractivity contribution in [3.05, 3.63) is 35.4 Å². The Hall–Kier alpha value is -1.00. The van der Waals surface area contributed by atoms with Gasteiger partial charge >= 0.3 is 0 Å². The highest BCUT2D eigenvalue weighted by molar-refractivity contribution is 5.20. The molecule has 0 spiro atoms. The third kappa shape index (κ3) is 5.56. The molecule has 0 amide bonds. The van der Waals surface area contributed by atoms with Crippen molar-refractivity contribution < 1.29 is 13.9 Å². The summed E-state index contributed by atoms with van der Waals surface area (Å²) >= 11 is 0. The van der Waals surface area contributed by atoms with Crippen LogP contribution in [0.2, 0.25) is 0 Å². The molecule has 1 aromatic carbocycles. The van der Waals surface area contributed by atoms with Crippen molar-refractivity contribution in [3.63, 3.8) is 0 Å². The van der Waals surface area contributed by atoms with Crippen LogP contribution in [0.1, 0.15) is 44.2 Å². The first-order chi connectivity index (χ1) is 8.63. The quantitative estimate of drug-likeness (QED) is 0.701. The zero-order chi connectivity index (χ0) is 13.4. The number of hydrogen-bond donors (Lipinski definition) is 2. The Labute approximate surface area is 107 Å². The summed E-state index contributed by atoms with van der Waals surface area (Å²) in [5.74, 6) is -1.08. The summed E-state index contributed by atoms with van der Waals surface area (Å²) in [5, 5.41) is 11.9. The average Bonchev–Trinajstić information content (AvgIpc) is 2.32. The topological polar surface area (TPSA) is 32.3 Å². The van der Waals surface area contributed by atoms with Gasteiger partial charge in [0, 0.05) is 18.7 Å². The Kier molecular flexibility index (Phi) is 6.83. The van der Waals surface area contributed by atoms with Crippen molar-refractivity contribution in [2.45, 2.75) is 38.6 Å². The summed E-state index contributed by atoms with van der Waals surface area (Å²) in [6, 6.07) is 3.53. The van der Waals surface area contributed by atoms with E-state index >= 15 is 0 Å². The summed E-state index contributed by atoms with van der Waals surface area (Å²) in [6.45, 7) is 2.94. The zero-order valence-corrected chi connectivity index (χ0v) is 10.8. The first-order valence-electron chi connectivity index (χ1n) is 6.43. The molecular formula is C14H21F2NO. The largest absolute Gasteiger partial charge is 0.396 e. The van der Waals surface area contributed by atoms with Crippen LogP contribution in [0.5, 0.6) is 0 Å². The molecule has 0 aliphatic carbocycles. The van der Waals surface area contributed by atoms with E-state index in [2.05, 4.69) is 5.32 Å². The van der Waals surface area contributed by atoms with Crippen LogP contribution in [-0.4, -0.2) is 18.3 Å². The van der Waals surface area contributed by atoms with Crippen molar-refractivity contribution in [3.8, 4) is 0 Å². The number of unbranched alkanes of at least 4 members (excludes halogenated alkanes) is 3. The molecule has 4 heteroatoms. The molecule has 0 aromatic heterocycles. The maximum atomic E-state index is 13.0. The van der Waals surface area contributed by atoms with E-state index in [9.17, 15) is 8.78 Å². The van der Waals surface area contributed by atoms with E-state index in [0.29, 0.717) is 5.56 Å². The predicted molar refractivity (Wildman–Crippen MR) is 68.3 cm³/mol. The first-order valence-corrected chi connectivity index (χ1v) is 6.43. The third-order valence-electron chi connectivity index (χ3n) is 2.92. The lowest BCUT2D eigenvalue weighted by Gasteiger charge is -2.14. The number of nitrogens with one attached hydrogen (secondary N) is 1. The molecule has 1 atom stereocenters. The Bertz CT molecular complexity index is 337. The van der Waals surface area contributed by atoms with Crippen LogP contribution >= 0.6 is 0 Å². The van der Waals surface area contributed by atoms with Crippen LogP contribution in [-0.2, 0) is 0 Å². The van der Waals surface area contributed by atoms with Crippen LogP contribution in [0.15, 0.2) is 18.2 Å². The van der Waals surface area contributed by atoms with E-state index in [1.54, 1.807) is 0 Å². The molecule has 0 saturated heterocycles. The fourth-order valence-electron chi connectivity index (χ4n) is 1.85. The minimum atomic E-state index is -0.540. The van der Waals surface area contributed by atoms with E-state index in [1.807, 2.05) is 6.92 Å². The maximum absolute atomic E-state index is 13.0. The van der Waals surface area contributed by atoms with Crippen molar-refractivity contribution >= 4 is 0 Å². The molecule has 0 heterocycles. The molecule has 1 unspecified atom stereocenters. The molecule has 102 valence electrons. The molecule has 1 rings (SSSR count). The molecule has 0 saturated carbocycles. The lowest BCUT2D eigenvalue weighted by molar-refractivity contribution is 0.282. The Morgan fingerprint density at radius 1 is 1.06 bits per heavy atom. The first kappa shape index (κ1) is 15.1. The lowest BCUT2D eigenvalue weighted by Crippen LogP contribution is -2.20. The van der Waals surface area contributed by atoms with E-state index in [1.165, 1.54) is 12.1 Å². The van der Waals surface area contributed by atoms with Gasteiger partial charge in [-0.15, -0.1) is 0 Å². The molecule has 0 aliphatic rings. The fraction of sp³-hybridized carbons (Fsp3) is 0.571. The average molecular weight is 257 g/mol. The van der Waals surface area contributed by atoms with E-state index in [-0.39, 0.29) is 12.6 Å². The van der Waals surface area contributed by atoms with Gasteiger partial charge in [-0.2, -0.15) is 0 Å². The number of aliphatic hydroxyl groups is 1. The normalized spacial score (nSPS) is 12.7. The van der Waals surface area contributed by atoms with Crippen molar-refractivity contribution in [1.82, 2.24) is 5.32 Å². The smallest absolute Gasteiger partial charge is 0.126 e. The predicted octanol–water partition coefficient (Wildman–Crippen LogP) is 3.17. The summed E-state index contributed by atoms with van der Waals surface area (Å²) in [7, 11) is 0. The summed E-state index contributed by atoms with van der Waals surface area (Å²) in [5.41, 5.74) is 0.628. The lowest BCUT2D eigenvalue weighted by atomic mass is 10.1. The van der Waals surface area contributed by atoms with Crippen LogP contribution in [0, 0.1) is 11.6 Å². The number of halogens is 2. The minimum absolute atomic E-state index is 0.0620. The highest BCUT2D eigenvalue weighted by atomic mass is 19.1. The maximum Gasteiger partial charge on any atom is 0.126 e. The van der Waals surface area contributed by atoms with Gasteiger partial charge in [0.25, 0.3) is 0 Å². The second kappa shape index (κ2) is 8.16. The van der Waals surface area contributed by atoms with Gasteiger partial charge in [-0.05, 0) is 44.0 Å². The number of aliphatic hydroxyl groups excluding tert-OH is 1. The zero-order valence-electron chi connectivity index (χ0n) is 10.8. The van der Waals surface area contributed by atoms with Gasteiger partial charge in [0.05, 0.1) is 0 Å².